The lowest BCUT2D eigenvalue weighted by molar-refractivity contribution is -0.116. The number of nitrogens with zero attached hydrogens (tertiary/aromatic N) is 3. The third-order valence-corrected chi connectivity index (χ3v) is 4.53. The van der Waals surface area contributed by atoms with Crippen molar-refractivity contribution in [2.75, 3.05) is 5.32 Å². The number of rotatable bonds is 3. The predicted octanol–water partition coefficient (Wildman–Crippen LogP) is 1.67. The minimum absolute atomic E-state index is 0.00216. The number of nitriles is 1. The van der Waals surface area contributed by atoms with E-state index in [0.29, 0.717) is 22.5 Å². The van der Waals surface area contributed by atoms with E-state index in [2.05, 4.69) is 10.4 Å². The summed E-state index contributed by atoms with van der Waals surface area (Å²) in [5, 5.41) is 16.0. The van der Waals surface area contributed by atoms with E-state index in [4.69, 9.17) is 5.26 Å². The van der Waals surface area contributed by atoms with Gasteiger partial charge < -0.3 is 5.32 Å². The Hall–Kier alpha value is -3.27. The SMILES string of the molecule is Cc1nn(CC(=O)c2ccc3c(c2)[C@@H](C)C(=O)N3)c(=O)c(C#N)c1C. The zero-order valence-electron chi connectivity index (χ0n) is 14.1. The molecule has 0 bridgehead atoms. The summed E-state index contributed by atoms with van der Waals surface area (Å²) in [7, 11) is 0. The van der Waals surface area contributed by atoms with Crippen LogP contribution in [0.2, 0.25) is 0 Å². The Balaban J connectivity index is 1.95. The molecule has 1 atom stereocenters. The van der Waals surface area contributed by atoms with Crippen molar-refractivity contribution in [2.24, 2.45) is 0 Å². The summed E-state index contributed by atoms with van der Waals surface area (Å²) in [6.07, 6.45) is 0. The van der Waals surface area contributed by atoms with Gasteiger partial charge >= 0.3 is 0 Å². The van der Waals surface area contributed by atoms with Gasteiger partial charge in [0.15, 0.2) is 5.78 Å². The highest BCUT2D eigenvalue weighted by Gasteiger charge is 2.27. The number of fused-ring (bicyclic) bond motifs is 1. The highest BCUT2D eigenvalue weighted by molar-refractivity contribution is 6.04. The molecule has 2 aromatic rings. The molecule has 25 heavy (non-hydrogen) atoms. The zero-order chi connectivity index (χ0) is 18.3. The number of Topliss-reactive ketones (excluding diaryl/α,β-unsaturated/α-hetero) is 1. The van der Waals surface area contributed by atoms with Gasteiger partial charge in [0.1, 0.15) is 18.2 Å². The van der Waals surface area contributed by atoms with Crippen LogP contribution in [0.3, 0.4) is 0 Å². The van der Waals surface area contributed by atoms with Crippen LogP contribution < -0.4 is 10.9 Å². The van der Waals surface area contributed by atoms with Gasteiger partial charge in [0.25, 0.3) is 5.56 Å². The Morgan fingerprint density at radius 1 is 1.36 bits per heavy atom. The fourth-order valence-corrected chi connectivity index (χ4v) is 2.83. The Morgan fingerprint density at radius 2 is 2.08 bits per heavy atom. The fraction of sp³-hybridized carbons (Fsp3) is 0.278. The topological polar surface area (TPSA) is 105 Å². The van der Waals surface area contributed by atoms with Crippen LogP contribution in [0.25, 0.3) is 0 Å². The van der Waals surface area contributed by atoms with E-state index in [-0.39, 0.29) is 29.7 Å². The van der Waals surface area contributed by atoms with Crippen LogP contribution in [0.5, 0.6) is 0 Å². The second kappa shape index (κ2) is 5.98. The molecule has 0 saturated carbocycles. The van der Waals surface area contributed by atoms with Gasteiger partial charge in [-0.3, -0.25) is 14.4 Å². The van der Waals surface area contributed by atoms with E-state index in [9.17, 15) is 14.4 Å². The minimum atomic E-state index is -0.578. The second-order valence-electron chi connectivity index (χ2n) is 6.10. The first-order valence-corrected chi connectivity index (χ1v) is 7.80. The first-order chi connectivity index (χ1) is 11.8. The smallest absolute Gasteiger partial charge is 0.285 e. The Bertz CT molecular complexity index is 1010. The van der Waals surface area contributed by atoms with Gasteiger partial charge in [-0.2, -0.15) is 10.4 Å². The Kier molecular flexibility index (Phi) is 3.97. The average molecular weight is 336 g/mol. The van der Waals surface area contributed by atoms with E-state index < -0.39 is 5.56 Å². The highest BCUT2D eigenvalue weighted by atomic mass is 16.2. The minimum Gasteiger partial charge on any atom is -0.325 e. The summed E-state index contributed by atoms with van der Waals surface area (Å²) in [5.74, 6) is -0.739. The van der Waals surface area contributed by atoms with Crippen molar-refractivity contribution >= 4 is 17.4 Å². The Morgan fingerprint density at radius 3 is 2.76 bits per heavy atom. The number of hydrogen-bond acceptors (Lipinski definition) is 5. The van der Waals surface area contributed by atoms with Gasteiger partial charge in [-0.25, -0.2) is 4.68 Å². The molecular formula is C18H16N4O3. The summed E-state index contributed by atoms with van der Waals surface area (Å²) >= 11 is 0. The van der Waals surface area contributed by atoms with Crippen molar-refractivity contribution in [1.29, 1.82) is 5.26 Å². The number of aromatic nitrogens is 2. The molecule has 0 spiro atoms. The number of carbonyl (C=O) groups is 2. The largest absolute Gasteiger partial charge is 0.325 e. The second-order valence-corrected chi connectivity index (χ2v) is 6.10. The van der Waals surface area contributed by atoms with Crippen LogP contribution in [-0.4, -0.2) is 21.5 Å². The first kappa shape index (κ1) is 16.6. The molecule has 1 aromatic heterocycles. The monoisotopic (exact) mass is 336 g/mol. The molecule has 1 aliphatic heterocycles. The van der Waals surface area contributed by atoms with E-state index in [0.717, 1.165) is 10.2 Å². The standard InChI is InChI=1S/C18H16N4O3/c1-9-11(3)21-22(18(25)14(9)7-19)8-16(23)12-4-5-15-13(6-12)10(2)17(24)20-15/h4-6,10H,8H2,1-3H3,(H,20,24)/t10-/m1/s1. The van der Waals surface area contributed by atoms with Crippen molar-refractivity contribution in [3.63, 3.8) is 0 Å². The highest BCUT2D eigenvalue weighted by Crippen LogP contribution is 2.32. The van der Waals surface area contributed by atoms with Gasteiger partial charge in [-0.15, -0.1) is 0 Å². The first-order valence-electron chi connectivity index (χ1n) is 7.80. The molecule has 1 N–H and O–H groups in total. The quantitative estimate of drug-likeness (QED) is 0.858. The van der Waals surface area contributed by atoms with E-state index in [1.807, 2.05) is 6.07 Å². The molecule has 126 valence electrons. The molecule has 0 radical (unpaired) electrons. The van der Waals surface area contributed by atoms with Gasteiger partial charge in [0.05, 0.1) is 11.6 Å². The van der Waals surface area contributed by atoms with Crippen molar-refractivity contribution in [3.8, 4) is 6.07 Å². The molecule has 0 saturated heterocycles. The summed E-state index contributed by atoms with van der Waals surface area (Å²) in [5.41, 5.74) is 2.32. The number of aryl methyl sites for hydroxylation is 1. The van der Waals surface area contributed by atoms with Gasteiger partial charge in [-0.05, 0) is 50.1 Å². The molecule has 1 aromatic carbocycles. The van der Waals surface area contributed by atoms with Crippen LogP contribution in [0.4, 0.5) is 5.69 Å². The molecule has 7 heteroatoms. The van der Waals surface area contributed by atoms with Crippen LogP contribution in [0.15, 0.2) is 23.0 Å². The maximum absolute atomic E-state index is 12.6. The van der Waals surface area contributed by atoms with E-state index in [1.165, 1.54) is 0 Å². The third-order valence-electron chi connectivity index (χ3n) is 4.53. The molecular weight excluding hydrogens is 320 g/mol. The van der Waals surface area contributed by atoms with Crippen molar-refractivity contribution in [3.05, 3.63) is 56.5 Å². The number of carbonyl (C=O) groups excluding carboxylic acids is 2. The maximum Gasteiger partial charge on any atom is 0.285 e. The lowest BCUT2D eigenvalue weighted by atomic mass is 9.99. The molecule has 0 aliphatic carbocycles. The maximum atomic E-state index is 12.6. The number of amides is 1. The van der Waals surface area contributed by atoms with Crippen molar-refractivity contribution in [1.82, 2.24) is 9.78 Å². The summed E-state index contributed by atoms with van der Waals surface area (Å²) in [4.78, 5) is 36.6. The Labute approximate surface area is 143 Å². The van der Waals surface area contributed by atoms with E-state index >= 15 is 0 Å². The molecule has 7 nitrogen and oxygen atoms in total. The lowest BCUT2D eigenvalue weighted by Gasteiger charge is -2.09. The van der Waals surface area contributed by atoms with Crippen LogP contribution in [-0.2, 0) is 11.3 Å². The van der Waals surface area contributed by atoms with Crippen molar-refractivity contribution in [2.45, 2.75) is 33.2 Å². The van der Waals surface area contributed by atoms with Crippen molar-refractivity contribution < 1.29 is 9.59 Å². The number of ketones is 1. The molecule has 1 aliphatic rings. The summed E-state index contributed by atoms with van der Waals surface area (Å²) in [6, 6.07) is 6.83. The fourth-order valence-electron chi connectivity index (χ4n) is 2.83. The average Bonchev–Trinajstić information content (AvgIpc) is 2.87. The normalized spacial score (nSPS) is 15.4. The number of hydrogen-bond donors (Lipinski definition) is 1. The zero-order valence-corrected chi connectivity index (χ0v) is 14.1. The van der Waals surface area contributed by atoms with Gasteiger partial charge in [0.2, 0.25) is 5.91 Å². The van der Waals surface area contributed by atoms with Crippen LogP contribution in [0.1, 0.15) is 45.6 Å². The molecule has 0 fully saturated rings. The summed E-state index contributed by atoms with van der Waals surface area (Å²) in [6.45, 7) is 4.85. The van der Waals surface area contributed by atoms with Crippen LogP contribution >= 0.6 is 0 Å². The number of nitrogens with one attached hydrogen (secondary N) is 1. The third kappa shape index (κ3) is 2.72. The van der Waals surface area contributed by atoms with E-state index in [1.54, 1.807) is 39.0 Å². The van der Waals surface area contributed by atoms with Gasteiger partial charge in [-0.1, -0.05) is 0 Å². The number of anilines is 1. The number of benzene rings is 1. The molecule has 2 heterocycles. The van der Waals surface area contributed by atoms with Crippen LogP contribution in [0, 0.1) is 25.2 Å². The molecule has 0 unspecified atom stereocenters. The summed E-state index contributed by atoms with van der Waals surface area (Å²) < 4.78 is 1.02. The predicted molar refractivity (Wildman–Crippen MR) is 90.5 cm³/mol. The molecule has 1 amide bonds. The lowest BCUT2D eigenvalue weighted by Crippen LogP contribution is -2.30. The van der Waals surface area contributed by atoms with Gasteiger partial charge in [0, 0.05) is 11.3 Å². The molecule has 3 rings (SSSR count).